The van der Waals surface area contributed by atoms with Crippen LogP contribution in [0.25, 0.3) is 0 Å². The Labute approximate surface area is 145 Å². The van der Waals surface area contributed by atoms with E-state index in [1.54, 1.807) is 11.3 Å². The van der Waals surface area contributed by atoms with Crippen molar-refractivity contribution in [3.63, 3.8) is 0 Å². The normalized spacial score (nSPS) is 18.1. The fourth-order valence-electron chi connectivity index (χ4n) is 3.17. The van der Waals surface area contributed by atoms with Crippen LogP contribution < -0.4 is 5.32 Å². The molecular weight excluding hydrogens is 320 g/mol. The highest BCUT2D eigenvalue weighted by atomic mass is 32.1. The van der Waals surface area contributed by atoms with E-state index < -0.39 is 0 Å². The minimum absolute atomic E-state index is 0.318. The summed E-state index contributed by atoms with van der Waals surface area (Å²) < 4.78 is 5.48. The van der Waals surface area contributed by atoms with Crippen LogP contribution in [-0.4, -0.2) is 21.6 Å². The summed E-state index contributed by atoms with van der Waals surface area (Å²) in [6, 6.07) is 12.5. The number of para-hydroxylation sites is 1. The van der Waals surface area contributed by atoms with Gasteiger partial charge < -0.3 is 9.84 Å². The molecule has 1 saturated heterocycles. The lowest BCUT2D eigenvalue weighted by molar-refractivity contribution is 0.205. The van der Waals surface area contributed by atoms with Crippen LogP contribution in [0.15, 0.2) is 46.3 Å². The highest BCUT2D eigenvalue weighted by molar-refractivity contribution is 7.13. The number of hydrogen-bond acceptors (Lipinski definition) is 6. The van der Waals surface area contributed by atoms with E-state index in [0.717, 1.165) is 47.5 Å². The first-order chi connectivity index (χ1) is 11.8. The van der Waals surface area contributed by atoms with Gasteiger partial charge in [0.15, 0.2) is 10.9 Å². The van der Waals surface area contributed by atoms with E-state index in [0.29, 0.717) is 6.04 Å². The van der Waals surface area contributed by atoms with Gasteiger partial charge >= 0.3 is 0 Å². The fourth-order valence-corrected chi connectivity index (χ4v) is 3.89. The third-order valence-electron chi connectivity index (χ3n) is 4.28. The van der Waals surface area contributed by atoms with Crippen LogP contribution in [0.4, 0.5) is 10.8 Å². The molecule has 0 bridgehead atoms. The first kappa shape index (κ1) is 15.4. The van der Waals surface area contributed by atoms with Gasteiger partial charge in [-0.3, -0.25) is 4.90 Å². The SMILES string of the molecule is Cc1cc([C@H]2CCCN2Cc2csc(Nc3ccccc3)n2)on1. The van der Waals surface area contributed by atoms with E-state index in [9.17, 15) is 0 Å². The van der Waals surface area contributed by atoms with Crippen molar-refractivity contribution in [1.82, 2.24) is 15.0 Å². The van der Waals surface area contributed by atoms with Gasteiger partial charge in [-0.05, 0) is 38.4 Å². The summed E-state index contributed by atoms with van der Waals surface area (Å²) in [6.07, 6.45) is 2.30. The first-order valence-electron chi connectivity index (χ1n) is 8.22. The maximum atomic E-state index is 5.48. The number of hydrogen-bond donors (Lipinski definition) is 1. The minimum Gasteiger partial charge on any atom is -0.359 e. The molecule has 5 nitrogen and oxygen atoms in total. The molecular formula is C18H20N4OS. The highest BCUT2D eigenvalue weighted by Crippen LogP contribution is 2.34. The van der Waals surface area contributed by atoms with Gasteiger partial charge in [0, 0.05) is 23.7 Å². The van der Waals surface area contributed by atoms with Crippen molar-refractivity contribution in [3.05, 3.63) is 58.9 Å². The van der Waals surface area contributed by atoms with Gasteiger partial charge in [-0.1, -0.05) is 23.4 Å². The molecule has 1 aromatic carbocycles. The van der Waals surface area contributed by atoms with Crippen LogP contribution in [0.5, 0.6) is 0 Å². The molecule has 1 aliphatic heterocycles. The van der Waals surface area contributed by atoms with Gasteiger partial charge in [0.05, 0.1) is 17.4 Å². The van der Waals surface area contributed by atoms with Crippen LogP contribution in [0, 0.1) is 6.92 Å². The summed E-state index contributed by atoms with van der Waals surface area (Å²) >= 11 is 1.64. The van der Waals surface area contributed by atoms with Gasteiger partial charge in [0.1, 0.15) is 0 Å². The number of aromatic nitrogens is 2. The van der Waals surface area contributed by atoms with E-state index in [4.69, 9.17) is 9.51 Å². The molecule has 0 spiro atoms. The second-order valence-corrected chi connectivity index (χ2v) is 6.99. The highest BCUT2D eigenvalue weighted by Gasteiger charge is 2.29. The van der Waals surface area contributed by atoms with Crippen molar-refractivity contribution in [2.75, 3.05) is 11.9 Å². The number of likely N-dealkylation sites (tertiary alicyclic amines) is 1. The fraction of sp³-hybridized carbons (Fsp3) is 0.333. The summed E-state index contributed by atoms with van der Waals surface area (Å²) in [5, 5.41) is 10.4. The minimum atomic E-state index is 0.318. The van der Waals surface area contributed by atoms with Crippen LogP contribution in [0.1, 0.15) is 36.0 Å². The average molecular weight is 340 g/mol. The van der Waals surface area contributed by atoms with E-state index >= 15 is 0 Å². The molecule has 4 rings (SSSR count). The number of anilines is 2. The quantitative estimate of drug-likeness (QED) is 0.740. The molecule has 0 amide bonds. The molecule has 0 saturated carbocycles. The number of benzene rings is 1. The van der Waals surface area contributed by atoms with E-state index in [1.165, 1.54) is 6.42 Å². The van der Waals surface area contributed by atoms with Crippen molar-refractivity contribution >= 4 is 22.2 Å². The van der Waals surface area contributed by atoms with E-state index in [-0.39, 0.29) is 0 Å². The van der Waals surface area contributed by atoms with Crippen molar-refractivity contribution in [2.45, 2.75) is 32.4 Å². The summed E-state index contributed by atoms with van der Waals surface area (Å²) in [6.45, 7) is 3.88. The predicted molar refractivity (Wildman–Crippen MR) is 95.5 cm³/mol. The van der Waals surface area contributed by atoms with Crippen LogP contribution in [-0.2, 0) is 6.54 Å². The Bertz CT molecular complexity index is 798. The lowest BCUT2D eigenvalue weighted by atomic mass is 10.1. The summed E-state index contributed by atoms with van der Waals surface area (Å²) in [5.41, 5.74) is 3.11. The number of thiazole rings is 1. The Kier molecular flexibility index (Phi) is 4.32. The summed E-state index contributed by atoms with van der Waals surface area (Å²) in [4.78, 5) is 7.15. The van der Waals surface area contributed by atoms with Gasteiger partial charge in [-0.2, -0.15) is 0 Å². The molecule has 1 N–H and O–H groups in total. The third kappa shape index (κ3) is 3.34. The van der Waals surface area contributed by atoms with Gasteiger partial charge in [-0.25, -0.2) is 4.98 Å². The summed E-state index contributed by atoms with van der Waals surface area (Å²) in [7, 11) is 0. The Balaban J connectivity index is 1.43. The third-order valence-corrected chi connectivity index (χ3v) is 5.09. The van der Waals surface area contributed by atoms with Crippen molar-refractivity contribution in [1.29, 1.82) is 0 Å². The Morgan fingerprint density at radius 2 is 2.21 bits per heavy atom. The second-order valence-electron chi connectivity index (χ2n) is 6.13. The topological polar surface area (TPSA) is 54.2 Å². The van der Waals surface area contributed by atoms with Crippen LogP contribution in [0.3, 0.4) is 0 Å². The molecule has 124 valence electrons. The largest absolute Gasteiger partial charge is 0.359 e. The molecule has 0 aliphatic carbocycles. The standard InChI is InChI=1S/C18H20N4OS/c1-13-10-17(23-21-13)16-8-5-9-22(16)11-15-12-24-18(20-15)19-14-6-3-2-4-7-14/h2-4,6-7,10,12,16H,5,8-9,11H2,1H3,(H,19,20)/t16-/m1/s1. The molecule has 1 fully saturated rings. The monoisotopic (exact) mass is 340 g/mol. The van der Waals surface area contributed by atoms with Crippen molar-refractivity contribution < 1.29 is 4.52 Å². The molecule has 6 heteroatoms. The average Bonchev–Trinajstić information content (AvgIpc) is 3.31. The first-order valence-corrected chi connectivity index (χ1v) is 9.09. The Morgan fingerprint density at radius 1 is 1.33 bits per heavy atom. The molecule has 2 aromatic heterocycles. The summed E-state index contributed by atoms with van der Waals surface area (Å²) in [5.74, 6) is 0.975. The van der Waals surface area contributed by atoms with Gasteiger partial charge in [0.25, 0.3) is 0 Å². The number of nitrogens with one attached hydrogen (secondary N) is 1. The van der Waals surface area contributed by atoms with Gasteiger partial charge in [-0.15, -0.1) is 11.3 Å². The lowest BCUT2D eigenvalue weighted by Gasteiger charge is -2.21. The zero-order valence-corrected chi connectivity index (χ0v) is 14.4. The lowest BCUT2D eigenvalue weighted by Crippen LogP contribution is -2.22. The predicted octanol–water partition coefficient (Wildman–Crippen LogP) is 4.52. The molecule has 24 heavy (non-hydrogen) atoms. The maximum Gasteiger partial charge on any atom is 0.187 e. The van der Waals surface area contributed by atoms with Gasteiger partial charge in [0.2, 0.25) is 0 Å². The zero-order chi connectivity index (χ0) is 16.4. The second kappa shape index (κ2) is 6.75. The molecule has 3 heterocycles. The van der Waals surface area contributed by atoms with Crippen molar-refractivity contribution in [2.24, 2.45) is 0 Å². The molecule has 0 radical (unpaired) electrons. The Hall–Kier alpha value is -2.18. The number of aryl methyl sites for hydroxylation is 1. The van der Waals surface area contributed by atoms with E-state index in [1.807, 2.05) is 43.3 Å². The molecule has 1 aliphatic rings. The number of nitrogens with zero attached hydrogens (tertiary/aromatic N) is 3. The van der Waals surface area contributed by atoms with Crippen LogP contribution in [0.2, 0.25) is 0 Å². The molecule has 0 unspecified atom stereocenters. The zero-order valence-electron chi connectivity index (χ0n) is 13.6. The Morgan fingerprint density at radius 3 is 3.00 bits per heavy atom. The molecule has 3 aromatic rings. The maximum absolute atomic E-state index is 5.48. The van der Waals surface area contributed by atoms with Crippen molar-refractivity contribution in [3.8, 4) is 0 Å². The van der Waals surface area contributed by atoms with E-state index in [2.05, 4.69) is 20.8 Å². The smallest absolute Gasteiger partial charge is 0.187 e. The molecule has 1 atom stereocenters. The number of rotatable bonds is 5. The van der Waals surface area contributed by atoms with Crippen LogP contribution >= 0.6 is 11.3 Å².